The van der Waals surface area contributed by atoms with E-state index in [1.54, 1.807) is 17.5 Å². The fraction of sp³-hybridized carbons (Fsp3) is 0.636. The molecule has 0 radical (unpaired) electrons. The SMILES string of the molecule is CCN1CCC[C@@H](NS(=O)(=O)c2cccs2)C1. The highest BCUT2D eigenvalue weighted by Crippen LogP contribution is 2.18. The first-order valence-electron chi connectivity index (χ1n) is 5.90. The van der Waals surface area contributed by atoms with E-state index in [1.165, 1.54) is 11.3 Å². The Morgan fingerprint density at radius 3 is 3.06 bits per heavy atom. The molecular formula is C11H18N2O2S2. The van der Waals surface area contributed by atoms with Crippen LogP contribution in [-0.2, 0) is 10.0 Å². The number of likely N-dealkylation sites (N-methyl/N-ethyl adjacent to an activating group) is 1. The van der Waals surface area contributed by atoms with Gasteiger partial charge in [0.2, 0.25) is 10.0 Å². The van der Waals surface area contributed by atoms with Gasteiger partial charge in [0, 0.05) is 12.6 Å². The van der Waals surface area contributed by atoms with Crippen LogP contribution in [0.3, 0.4) is 0 Å². The smallest absolute Gasteiger partial charge is 0.250 e. The monoisotopic (exact) mass is 274 g/mol. The van der Waals surface area contributed by atoms with Gasteiger partial charge in [0.15, 0.2) is 0 Å². The number of nitrogens with zero attached hydrogens (tertiary/aromatic N) is 1. The summed E-state index contributed by atoms with van der Waals surface area (Å²) >= 11 is 1.26. The van der Waals surface area contributed by atoms with Gasteiger partial charge in [-0.15, -0.1) is 11.3 Å². The third kappa shape index (κ3) is 3.28. The molecule has 1 N–H and O–H groups in total. The van der Waals surface area contributed by atoms with Gasteiger partial charge < -0.3 is 4.90 Å². The fourth-order valence-electron chi connectivity index (χ4n) is 2.13. The molecule has 2 heterocycles. The molecule has 1 atom stereocenters. The van der Waals surface area contributed by atoms with E-state index < -0.39 is 10.0 Å². The van der Waals surface area contributed by atoms with Crippen molar-refractivity contribution in [1.82, 2.24) is 9.62 Å². The molecule has 0 unspecified atom stereocenters. The Balaban J connectivity index is 2.01. The summed E-state index contributed by atoms with van der Waals surface area (Å²) in [4.78, 5) is 2.28. The maximum Gasteiger partial charge on any atom is 0.250 e. The van der Waals surface area contributed by atoms with Crippen LogP contribution in [-0.4, -0.2) is 39.0 Å². The molecule has 0 bridgehead atoms. The maximum atomic E-state index is 12.0. The number of sulfonamides is 1. The maximum absolute atomic E-state index is 12.0. The molecule has 1 aliphatic rings. The fourth-order valence-corrected chi connectivity index (χ4v) is 4.40. The van der Waals surface area contributed by atoms with Crippen molar-refractivity contribution in [2.75, 3.05) is 19.6 Å². The van der Waals surface area contributed by atoms with Crippen molar-refractivity contribution < 1.29 is 8.42 Å². The predicted octanol–water partition coefficient (Wildman–Crippen LogP) is 1.51. The highest BCUT2D eigenvalue weighted by Gasteiger charge is 2.24. The van der Waals surface area contributed by atoms with Gasteiger partial charge in [-0.1, -0.05) is 13.0 Å². The van der Waals surface area contributed by atoms with Gasteiger partial charge >= 0.3 is 0 Å². The zero-order chi connectivity index (χ0) is 12.3. The van der Waals surface area contributed by atoms with Crippen molar-refractivity contribution in [3.63, 3.8) is 0 Å². The van der Waals surface area contributed by atoms with E-state index in [0.29, 0.717) is 4.21 Å². The Kier molecular flexibility index (Phi) is 4.19. The molecular weight excluding hydrogens is 256 g/mol. The second-order valence-electron chi connectivity index (χ2n) is 4.29. The largest absolute Gasteiger partial charge is 0.302 e. The van der Waals surface area contributed by atoms with Gasteiger partial charge in [-0.3, -0.25) is 0 Å². The molecule has 96 valence electrons. The van der Waals surface area contributed by atoms with Crippen LogP contribution in [0.4, 0.5) is 0 Å². The van der Waals surface area contributed by atoms with Crippen molar-refractivity contribution in [1.29, 1.82) is 0 Å². The third-order valence-electron chi connectivity index (χ3n) is 3.03. The van der Waals surface area contributed by atoms with Crippen molar-refractivity contribution in [3.05, 3.63) is 17.5 Å². The van der Waals surface area contributed by atoms with E-state index in [4.69, 9.17) is 0 Å². The van der Waals surface area contributed by atoms with E-state index in [-0.39, 0.29) is 6.04 Å². The lowest BCUT2D eigenvalue weighted by Crippen LogP contribution is -2.47. The van der Waals surface area contributed by atoms with Gasteiger partial charge in [-0.05, 0) is 37.4 Å². The Hall–Kier alpha value is -0.430. The number of nitrogens with one attached hydrogen (secondary N) is 1. The molecule has 1 aliphatic heterocycles. The second-order valence-corrected chi connectivity index (χ2v) is 7.17. The quantitative estimate of drug-likeness (QED) is 0.905. The van der Waals surface area contributed by atoms with Crippen molar-refractivity contribution in [3.8, 4) is 0 Å². The number of piperidine rings is 1. The summed E-state index contributed by atoms with van der Waals surface area (Å²) in [5.41, 5.74) is 0. The minimum absolute atomic E-state index is 0.0517. The third-order valence-corrected chi connectivity index (χ3v) is 5.95. The van der Waals surface area contributed by atoms with Gasteiger partial charge in [0.1, 0.15) is 4.21 Å². The lowest BCUT2D eigenvalue weighted by molar-refractivity contribution is 0.211. The van der Waals surface area contributed by atoms with Crippen LogP contribution in [0.25, 0.3) is 0 Å². The minimum atomic E-state index is -3.31. The minimum Gasteiger partial charge on any atom is -0.302 e. The van der Waals surface area contributed by atoms with Gasteiger partial charge in [0.05, 0.1) is 0 Å². The molecule has 1 fully saturated rings. The van der Waals surface area contributed by atoms with E-state index in [9.17, 15) is 8.42 Å². The normalized spacial score (nSPS) is 22.8. The molecule has 17 heavy (non-hydrogen) atoms. The molecule has 0 aromatic carbocycles. The zero-order valence-electron chi connectivity index (χ0n) is 9.93. The summed E-state index contributed by atoms with van der Waals surface area (Å²) in [5.74, 6) is 0. The molecule has 0 saturated carbocycles. The summed E-state index contributed by atoms with van der Waals surface area (Å²) in [6.45, 7) is 4.99. The van der Waals surface area contributed by atoms with Crippen LogP contribution >= 0.6 is 11.3 Å². The Morgan fingerprint density at radius 2 is 2.41 bits per heavy atom. The lowest BCUT2D eigenvalue weighted by atomic mass is 10.1. The van der Waals surface area contributed by atoms with Gasteiger partial charge in [-0.2, -0.15) is 0 Å². The van der Waals surface area contributed by atoms with Gasteiger partial charge in [0.25, 0.3) is 0 Å². The molecule has 6 heteroatoms. The molecule has 0 aliphatic carbocycles. The summed E-state index contributed by atoms with van der Waals surface area (Å²) < 4.78 is 27.3. The summed E-state index contributed by atoms with van der Waals surface area (Å²) in [5, 5.41) is 1.79. The number of hydrogen-bond acceptors (Lipinski definition) is 4. The Labute approximate surface area is 107 Å². The first-order valence-corrected chi connectivity index (χ1v) is 8.26. The highest BCUT2D eigenvalue weighted by molar-refractivity contribution is 7.91. The second kappa shape index (κ2) is 5.48. The summed E-state index contributed by atoms with van der Waals surface area (Å²) in [7, 11) is -3.31. The summed E-state index contributed by atoms with van der Waals surface area (Å²) in [6, 6.07) is 3.46. The average Bonchev–Trinajstić information content (AvgIpc) is 2.83. The average molecular weight is 274 g/mol. The van der Waals surface area contributed by atoms with E-state index in [1.807, 2.05) is 0 Å². The Bertz CT molecular complexity index is 442. The van der Waals surface area contributed by atoms with Crippen molar-refractivity contribution in [2.24, 2.45) is 0 Å². The lowest BCUT2D eigenvalue weighted by Gasteiger charge is -2.31. The molecule has 4 nitrogen and oxygen atoms in total. The molecule has 0 amide bonds. The van der Waals surface area contributed by atoms with Crippen LogP contribution in [0.5, 0.6) is 0 Å². The molecule has 1 aromatic heterocycles. The molecule has 0 spiro atoms. The van der Waals surface area contributed by atoms with Crippen molar-refractivity contribution in [2.45, 2.75) is 30.0 Å². The highest BCUT2D eigenvalue weighted by atomic mass is 32.2. The predicted molar refractivity (Wildman–Crippen MR) is 69.8 cm³/mol. The Morgan fingerprint density at radius 1 is 1.59 bits per heavy atom. The standard InChI is InChI=1S/C11H18N2O2S2/c1-2-13-7-3-5-10(9-13)12-17(14,15)11-6-4-8-16-11/h4,6,8,10,12H,2-3,5,7,9H2,1H3/t10-/m1/s1. The van der Waals surface area contributed by atoms with Crippen molar-refractivity contribution >= 4 is 21.4 Å². The molecule has 1 aromatic rings. The number of thiophene rings is 1. The topological polar surface area (TPSA) is 49.4 Å². The number of likely N-dealkylation sites (tertiary alicyclic amines) is 1. The van der Waals surface area contributed by atoms with E-state index >= 15 is 0 Å². The van der Waals surface area contributed by atoms with Crippen LogP contribution < -0.4 is 4.72 Å². The molecule has 2 rings (SSSR count). The first-order chi connectivity index (χ1) is 8.12. The van der Waals surface area contributed by atoms with Crippen LogP contribution in [0.1, 0.15) is 19.8 Å². The molecule has 1 saturated heterocycles. The number of hydrogen-bond donors (Lipinski definition) is 1. The first kappa shape index (κ1) is 13.0. The summed E-state index contributed by atoms with van der Waals surface area (Å²) in [6.07, 6.45) is 1.99. The van der Waals surface area contributed by atoms with E-state index in [0.717, 1.165) is 32.5 Å². The number of rotatable bonds is 4. The van der Waals surface area contributed by atoms with Crippen LogP contribution in [0.15, 0.2) is 21.7 Å². The van der Waals surface area contributed by atoms with E-state index in [2.05, 4.69) is 16.5 Å². The van der Waals surface area contributed by atoms with Gasteiger partial charge in [-0.25, -0.2) is 13.1 Å². The zero-order valence-corrected chi connectivity index (χ0v) is 11.6. The van der Waals surface area contributed by atoms with Crippen LogP contribution in [0.2, 0.25) is 0 Å². The van der Waals surface area contributed by atoms with Crippen LogP contribution in [0, 0.1) is 0 Å².